The average Bonchev–Trinajstić information content (AvgIpc) is 2.73. The largest absolute Gasteiger partial charge is 0.383 e. The minimum atomic E-state index is -0.130. The van der Waals surface area contributed by atoms with E-state index in [1.165, 1.54) is 0 Å². The lowest BCUT2D eigenvalue weighted by molar-refractivity contribution is -0.110. The molecule has 108 valence electrons. The van der Waals surface area contributed by atoms with Crippen LogP contribution in [-0.4, -0.2) is 11.9 Å². The first-order chi connectivity index (χ1) is 9.92. The third kappa shape index (κ3) is 3.14. The fraction of sp³-hybridized carbons (Fsp3) is 0.294. The molecule has 2 N–H and O–H groups in total. The standard InChI is InChI=1S/C17H19N3O/c1-10(2)16(19-11(3)4)8-14-13-7-12(9-18)5-6-15(13)20-17(14)21/h5-8,10,16,19H,3H2,1-2,4H3,(H,20,21)/b14-8-. The molecule has 1 atom stereocenters. The molecule has 1 aliphatic rings. The fourth-order valence-corrected chi connectivity index (χ4v) is 2.29. The molecule has 1 aromatic rings. The second kappa shape index (κ2) is 5.84. The molecule has 0 aromatic heterocycles. The van der Waals surface area contributed by atoms with Crippen molar-refractivity contribution >= 4 is 17.2 Å². The average molecular weight is 281 g/mol. The van der Waals surface area contributed by atoms with E-state index in [4.69, 9.17) is 5.26 Å². The van der Waals surface area contributed by atoms with Gasteiger partial charge in [-0.05, 0) is 37.1 Å². The van der Waals surface area contributed by atoms with E-state index in [-0.39, 0.29) is 11.9 Å². The van der Waals surface area contributed by atoms with Gasteiger partial charge in [0, 0.05) is 28.6 Å². The van der Waals surface area contributed by atoms with Crippen LogP contribution in [0.4, 0.5) is 5.69 Å². The van der Waals surface area contributed by atoms with Crippen LogP contribution < -0.4 is 10.6 Å². The van der Waals surface area contributed by atoms with Crippen LogP contribution in [0, 0.1) is 17.2 Å². The summed E-state index contributed by atoms with van der Waals surface area (Å²) in [7, 11) is 0. The first kappa shape index (κ1) is 14.9. The Hall–Kier alpha value is -2.54. The molecule has 4 nitrogen and oxygen atoms in total. The van der Waals surface area contributed by atoms with Crippen molar-refractivity contribution in [1.82, 2.24) is 5.32 Å². The number of carbonyl (C=O) groups is 1. The number of nitrogens with one attached hydrogen (secondary N) is 2. The van der Waals surface area contributed by atoms with Gasteiger partial charge in [-0.2, -0.15) is 5.26 Å². The minimum Gasteiger partial charge on any atom is -0.383 e. The van der Waals surface area contributed by atoms with E-state index in [1.807, 2.05) is 13.0 Å². The molecule has 0 saturated carbocycles. The van der Waals surface area contributed by atoms with Crippen LogP contribution in [-0.2, 0) is 4.79 Å². The molecule has 2 rings (SSSR count). The number of benzene rings is 1. The molecule has 1 unspecified atom stereocenters. The molecule has 0 aliphatic carbocycles. The van der Waals surface area contributed by atoms with Gasteiger partial charge in [-0.3, -0.25) is 4.79 Å². The number of hydrogen-bond acceptors (Lipinski definition) is 3. The van der Waals surface area contributed by atoms with Crippen LogP contribution in [0.5, 0.6) is 0 Å². The van der Waals surface area contributed by atoms with Gasteiger partial charge in [-0.25, -0.2) is 0 Å². The third-order valence-electron chi connectivity index (χ3n) is 3.41. The molecule has 0 radical (unpaired) electrons. The first-order valence-corrected chi connectivity index (χ1v) is 6.92. The Balaban J connectivity index is 2.44. The van der Waals surface area contributed by atoms with Crippen LogP contribution in [0.15, 0.2) is 36.6 Å². The zero-order chi connectivity index (χ0) is 15.6. The summed E-state index contributed by atoms with van der Waals surface area (Å²) in [6, 6.07) is 7.33. The summed E-state index contributed by atoms with van der Waals surface area (Å²) in [5.74, 6) is 0.180. The van der Waals surface area contributed by atoms with Gasteiger partial charge >= 0.3 is 0 Å². The van der Waals surface area contributed by atoms with E-state index < -0.39 is 0 Å². The first-order valence-electron chi connectivity index (χ1n) is 6.92. The van der Waals surface area contributed by atoms with Gasteiger partial charge in [0.05, 0.1) is 11.6 Å². The van der Waals surface area contributed by atoms with Gasteiger partial charge < -0.3 is 10.6 Å². The number of anilines is 1. The third-order valence-corrected chi connectivity index (χ3v) is 3.41. The molecule has 1 aliphatic heterocycles. The summed E-state index contributed by atoms with van der Waals surface area (Å²) in [5.41, 5.74) is 3.55. The fourth-order valence-electron chi connectivity index (χ4n) is 2.29. The Morgan fingerprint density at radius 1 is 1.48 bits per heavy atom. The quantitative estimate of drug-likeness (QED) is 0.834. The van der Waals surface area contributed by atoms with Crippen LogP contribution in [0.2, 0.25) is 0 Å². The summed E-state index contributed by atoms with van der Waals surface area (Å²) in [5, 5.41) is 15.1. The highest BCUT2D eigenvalue weighted by atomic mass is 16.2. The monoisotopic (exact) mass is 281 g/mol. The number of nitrogens with zero attached hydrogens (tertiary/aromatic N) is 1. The summed E-state index contributed by atoms with van der Waals surface area (Å²) in [6.07, 6.45) is 1.92. The number of amides is 1. The molecule has 1 heterocycles. The van der Waals surface area contributed by atoms with E-state index in [1.54, 1.807) is 18.2 Å². The molecule has 0 saturated heterocycles. The van der Waals surface area contributed by atoms with E-state index in [0.717, 1.165) is 16.9 Å². The van der Waals surface area contributed by atoms with Gasteiger partial charge in [-0.15, -0.1) is 0 Å². The SMILES string of the molecule is C=C(C)NC(/C=C1\C(=O)Nc2ccc(C#N)cc21)C(C)C. The van der Waals surface area contributed by atoms with Gasteiger partial charge in [0.25, 0.3) is 5.91 Å². The molecule has 1 amide bonds. The lowest BCUT2D eigenvalue weighted by atomic mass is 9.97. The minimum absolute atomic E-state index is 0.0138. The predicted molar refractivity (Wildman–Crippen MR) is 84.3 cm³/mol. The van der Waals surface area contributed by atoms with E-state index in [0.29, 0.717) is 17.1 Å². The molecule has 4 heteroatoms. The summed E-state index contributed by atoms with van der Waals surface area (Å²) in [4.78, 5) is 12.2. The smallest absolute Gasteiger partial charge is 0.256 e. The topological polar surface area (TPSA) is 64.9 Å². The lowest BCUT2D eigenvalue weighted by Gasteiger charge is -2.20. The normalized spacial score (nSPS) is 16.3. The van der Waals surface area contributed by atoms with E-state index >= 15 is 0 Å². The summed E-state index contributed by atoms with van der Waals surface area (Å²) in [6.45, 7) is 9.91. The van der Waals surface area contributed by atoms with Gasteiger partial charge in [0.2, 0.25) is 0 Å². The van der Waals surface area contributed by atoms with Crippen molar-refractivity contribution in [3.8, 4) is 6.07 Å². The predicted octanol–water partition coefficient (Wildman–Crippen LogP) is 3.04. The maximum absolute atomic E-state index is 12.2. The molecule has 0 spiro atoms. The Labute approximate surface area is 125 Å². The van der Waals surface area contributed by atoms with Crippen molar-refractivity contribution < 1.29 is 4.79 Å². The highest BCUT2D eigenvalue weighted by Gasteiger charge is 2.26. The Morgan fingerprint density at radius 2 is 2.19 bits per heavy atom. The van der Waals surface area contributed by atoms with E-state index in [2.05, 4.69) is 37.1 Å². The number of rotatable bonds is 4. The maximum Gasteiger partial charge on any atom is 0.256 e. The molecule has 0 bridgehead atoms. The number of allylic oxidation sites excluding steroid dienone is 1. The molecule has 1 aromatic carbocycles. The van der Waals surface area contributed by atoms with Crippen molar-refractivity contribution in [3.05, 3.63) is 47.7 Å². The number of carbonyl (C=O) groups excluding carboxylic acids is 1. The summed E-state index contributed by atoms with van der Waals surface area (Å²) >= 11 is 0. The Bertz CT molecular complexity index is 665. The van der Waals surface area contributed by atoms with Gasteiger partial charge in [-0.1, -0.05) is 20.4 Å². The van der Waals surface area contributed by atoms with Crippen LogP contribution in [0.1, 0.15) is 31.9 Å². The van der Waals surface area contributed by atoms with Crippen LogP contribution in [0.3, 0.4) is 0 Å². The van der Waals surface area contributed by atoms with Gasteiger partial charge in [0.1, 0.15) is 0 Å². The molecular formula is C17H19N3O. The maximum atomic E-state index is 12.2. The molecule has 21 heavy (non-hydrogen) atoms. The highest BCUT2D eigenvalue weighted by molar-refractivity contribution is 6.31. The Kier molecular flexibility index (Phi) is 4.13. The van der Waals surface area contributed by atoms with Crippen molar-refractivity contribution in [2.45, 2.75) is 26.8 Å². The lowest BCUT2D eigenvalue weighted by Crippen LogP contribution is -2.30. The number of fused-ring (bicyclic) bond motifs is 1. The molecule has 0 fully saturated rings. The van der Waals surface area contributed by atoms with Crippen molar-refractivity contribution in [2.75, 3.05) is 5.32 Å². The number of hydrogen-bond donors (Lipinski definition) is 2. The van der Waals surface area contributed by atoms with Crippen molar-refractivity contribution in [2.24, 2.45) is 5.92 Å². The number of nitriles is 1. The van der Waals surface area contributed by atoms with Gasteiger partial charge in [0.15, 0.2) is 0 Å². The Morgan fingerprint density at radius 3 is 2.76 bits per heavy atom. The second-order valence-electron chi connectivity index (χ2n) is 5.60. The van der Waals surface area contributed by atoms with Crippen LogP contribution in [0.25, 0.3) is 5.57 Å². The van der Waals surface area contributed by atoms with Crippen LogP contribution >= 0.6 is 0 Å². The zero-order valence-corrected chi connectivity index (χ0v) is 12.5. The van der Waals surface area contributed by atoms with Crippen molar-refractivity contribution in [3.63, 3.8) is 0 Å². The highest BCUT2D eigenvalue weighted by Crippen LogP contribution is 2.33. The second-order valence-corrected chi connectivity index (χ2v) is 5.60. The van der Waals surface area contributed by atoms with Crippen molar-refractivity contribution in [1.29, 1.82) is 5.26 Å². The van der Waals surface area contributed by atoms with E-state index in [9.17, 15) is 4.79 Å². The summed E-state index contributed by atoms with van der Waals surface area (Å²) < 4.78 is 0. The zero-order valence-electron chi connectivity index (χ0n) is 12.5. The molecular weight excluding hydrogens is 262 g/mol.